The lowest BCUT2D eigenvalue weighted by molar-refractivity contribution is 0.475. The molecule has 0 aliphatic heterocycles. The van der Waals surface area contributed by atoms with Gasteiger partial charge >= 0.3 is 5.63 Å². The zero-order valence-electron chi connectivity index (χ0n) is 9.54. The summed E-state index contributed by atoms with van der Waals surface area (Å²) in [6, 6.07) is 8.12. The summed E-state index contributed by atoms with van der Waals surface area (Å²) in [4.78, 5) is 11.9. The minimum atomic E-state index is -0.481. The van der Waals surface area contributed by atoms with E-state index in [1.54, 1.807) is 18.2 Å². The van der Waals surface area contributed by atoms with Gasteiger partial charge in [0.25, 0.3) is 0 Å². The van der Waals surface area contributed by atoms with Crippen molar-refractivity contribution in [3.63, 3.8) is 0 Å². The molecule has 6 nitrogen and oxygen atoms in total. The number of hydrogen-bond donors (Lipinski definition) is 2. The molecule has 0 atom stereocenters. The number of rotatable bonds is 0. The van der Waals surface area contributed by atoms with Crippen molar-refractivity contribution in [1.82, 2.24) is 15.4 Å². The number of nitrogens with one attached hydrogen (secondary N) is 1. The summed E-state index contributed by atoms with van der Waals surface area (Å²) in [7, 11) is 0. The third kappa shape index (κ3) is 1.33. The molecule has 0 aliphatic rings. The number of aromatic nitrogens is 3. The van der Waals surface area contributed by atoms with Crippen molar-refractivity contribution in [2.45, 2.75) is 0 Å². The van der Waals surface area contributed by atoms with Crippen molar-refractivity contribution < 1.29 is 9.52 Å². The number of fused-ring (bicyclic) bond motifs is 4. The Hall–Kier alpha value is -2.89. The molecule has 2 aromatic carbocycles. The van der Waals surface area contributed by atoms with E-state index in [4.69, 9.17) is 4.42 Å². The van der Waals surface area contributed by atoms with Gasteiger partial charge in [0.1, 0.15) is 16.8 Å². The van der Waals surface area contributed by atoms with Gasteiger partial charge in [0, 0.05) is 16.8 Å². The largest absolute Gasteiger partial charge is 0.508 e. The molecule has 0 spiro atoms. The Labute approximate surface area is 105 Å². The maximum atomic E-state index is 11.9. The summed E-state index contributed by atoms with van der Waals surface area (Å²) >= 11 is 0. The van der Waals surface area contributed by atoms with E-state index in [2.05, 4.69) is 15.4 Å². The SMILES string of the molecule is O=c1oc2cc3[nH]nnc3cc2c2ccc(O)cc12. The van der Waals surface area contributed by atoms with Crippen LogP contribution in [-0.2, 0) is 0 Å². The van der Waals surface area contributed by atoms with Gasteiger partial charge < -0.3 is 9.52 Å². The fourth-order valence-electron chi connectivity index (χ4n) is 2.26. The first-order valence-corrected chi connectivity index (χ1v) is 5.63. The summed E-state index contributed by atoms with van der Waals surface area (Å²) in [6.45, 7) is 0. The first-order chi connectivity index (χ1) is 9.22. The number of benzene rings is 2. The molecule has 0 unspecified atom stereocenters. The quantitative estimate of drug-likeness (QED) is 0.369. The third-order valence-corrected chi connectivity index (χ3v) is 3.14. The summed E-state index contributed by atoms with van der Waals surface area (Å²) in [5.41, 5.74) is 1.37. The van der Waals surface area contributed by atoms with Crippen LogP contribution in [0.15, 0.2) is 39.5 Å². The molecule has 0 amide bonds. The van der Waals surface area contributed by atoms with Crippen molar-refractivity contribution in [3.8, 4) is 5.75 Å². The Kier molecular flexibility index (Phi) is 1.76. The standard InChI is InChI=1S/C13H7N3O3/c17-6-1-2-7-8-4-10-11(15-16-14-10)5-12(8)19-13(18)9(7)3-6/h1-5,17H,(H,14,15,16). The van der Waals surface area contributed by atoms with Crippen molar-refractivity contribution >= 4 is 32.8 Å². The minimum absolute atomic E-state index is 0.0293. The van der Waals surface area contributed by atoms with E-state index < -0.39 is 5.63 Å². The zero-order chi connectivity index (χ0) is 13.0. The Morgan fingerprint density at radius 3 is 2.89 bits per heavy atom. The van der Waals surface area contributed by atoms with Crippen LogP contribution in [0.3, 0.4) is 0 Å². The molecule has 0 radical (unpaired) electrons. The van der Waals surface area contributed by atoms with Crippen LogP contribution in [0, 0.1) is 0 Å². The fraction of sp³-hybridized carbons (Fsp3) is 0. The molecular weight excluding hydrogens is 246 g/mol. The molecular formula is C13H7N3O3. The van der Waals surface area contributed by atoms with E-state index in [0.29, 0.717) is 27.4 Å². The minimum Gasteiger partial charge on any atom is -0.508 e. The van der Waals surface area contributed by atoms with E-state index in [1.165, 1.54) is 12.1 Å². The number of phenols is 1. The van der Waals surface area contributed by atoms with Crippen molar-refractivity contribution in [2.75, 3.05) is 0 Å². The van der Waals surface area contributed by atoms with Crippen LogP contribution in [-0.4, -0.2) is 20.5 Å². The number of hydrogen-bond acceptors (Lipinski definition) is 5. The van der Waals surface area contributed by atoms with Crippen molar-refractivity contribution in [2.24, 2.45) is 0 Å². The van der Waals surface area contributed by atoms with Crippen LogP contribution in [0.25, 0.3) is 32.8 Å². The van der Waals surface area contributed by atoms with Gasteiger partial charge in [-0.05, 0) is 24.3 Å². The predicted molar refractivity (Wildman–Crippen MR) is 69.1 cm³/mol. The number of aromatic hydroxyl groups is 1. The number of nitrogens with zero attached hydrogens (tertiary/aromatic N) is 2. The van der Waals surface area contributed by atoms with E-state index in [-0.39, 0.29) is 5.75 Å². The Balaban J connectivity index is 2.32. The summed E-state index contributed by atoms with van der Waals surface area (Å²) < 4.78 is 5.27. The van der Waals surface area contributed by atoms with Crippen LogP contribution in [0.4, 0.5) is 0 Å². The molecule has 6 heteroatoms. The Morgan fingerprint density at radius 2 is 2.00 bits per heavy atom. The average Bonchev–Trinajstić information content (AvgIpc) is 2.84. The average molecular weight is 253 g/mol. The van der Waals surface area contributed by atoms with Gasteiger partial charge in [-0.25, -0.2) is 4.79 Å². The first-order valence-electron chi connectivity index (χ1n) is 5.63. The first kappa shape index (κ1) is 10.1. The van der Waals surface area contributed by atoms with Crippen molar-refractivity contribution in [1.29, 1.82) is 0 Å². The predicted octanol–water partition coefficient (Wildman–Crippen LogP) is 1.92. The second-order valence-corrected chi connectivity index (χ2v) is 4.30. The topological polar surface area (TPSA) is 92.0 Å². The molecule has 0 aliphatic carbocycles. The molecule has 2 heterocycles. The van der Waals surface area contributed by atoms with Gasteiger partial charge in [-0.1, -0.05) is 5.21 Å². The summed E-state index contributed by atoms with van der Waals surface area (Å²) in [5, 5.41) is 21.6. The Bertz CT molecular complexity index is 1000. The van der Waals surface area contributed by atoms with Crippen LogP contribution >= 0.6 is 0 Å². The monoisotopic (exact) mass is 253 g/mol. The fourth-order valence-corrected chi connectivity index (χ4v) is 2.26. The van der Waals surface area contributed by atoms with Crippen LogP contribution < -0.4 is 5.63 Å². The number of aromatic amines is 1. The highest BCUT2D eigenvalue weighted by molar-refractivity contribution is 6.08. The van der Waals surface area contributed by atoms with E-state index in [9.17, 15) is 9.90 Å². The third-order valence-electron chi connectivity index (χ3n) is 3.14. The van der Waals surface area contributed by atoms with Gasteiger partial charge in [0.15, 0.2) is 0 Å². The molecule has 4 aromatic rings. The molecule has 0 saturated carbocycles. The maximum Gasteiger partial charge on any atom is 0.344 e. The van der Waals surface area contributed by atoms with Crippen LogP contribution in [0.2, 0.25) is 0 Å². The molecule has 19 heavy (non-hydrogen) atoms. The maximum absolute atomic E-state index is 11.9. The molecule has 4 rings (SSSR count). The van der Waals surface area contributed by atoms with Gasteiger partial charge in [-0.3, -0.25) is 5.10 Å². The Morgan fingerprint density at radius 1 is 1.11 bits per heavy atom. The molecule has 2 aromatic heterocycles. The smallest absolute Gasteiger partial charge is 0.344 e. The highest BCUT2D eigenvalue weighted by Crippen LogP contribution is 2.27. The lowest BCUT2D eigenvalue weighted by atomic mass is 10.1. The van der Waals surface area contributed by atoms with Crippen LogP contribution in [0.1, 0.15) is 0 Å². The van der Waals surface area contributed by atoms with Gasteiger partial charge in [0.05, 0.1) is 10.9 Å². The highest BCUT2D eigenvalue weighted by atomic mass is 16.4. The molecule has 0 fully saturated rings. The molecule has 2 N–H and O–H groups in total. The zero-order valence-corrected chi connectivity index (χ0v) is 9.54. The van der Waals surface area contributed by atoms with Crippen LogP contribution in [0.5, 0.6) is 5.75 Å². The number of phenolic OH excluding ortho intramolecular Hbond substituents is 1. The molecule has 0 saturated heterocycles. The number of H-pyrrole nitrogens is 1. The van der Waals surface area contributed by atoms with Crippen molar-refractivity contribution in [3.05, 3.63) is 40.8 Å². The van der Waals surface area contributed by atoms with E-state index in [0.717, 1.165) is 5.39 Å². The normalized spacial score (nSPS) is 11.6. The summed E-state index contributed by atoms with van der Waals surface area (Å²) in [5.74, 6) is 0.0293. The molecule has 92 valence electrons. The van der Waals surface area contributed by atoms with Gasteiger partial charge in [-0.2, -0.15) is 0 Å². The molecule has 0 bridgehead atoms. The van der Waals surface area contributed by atoms with E-state index in [1.807, 2.05) is 0 Å². The van der Waals surface area contributed by atoms with Gasteiger partial charge in [-0.15, -0.1) is 5.10 Å². The lowest BCUT2D eigenvalue weighted by Gasteiger charge is -2.02. The lowest BCUT2D eigenvalue weighted by Crippen LogP contribution is -1.99. The van der Waals surface area contributed by atoms with E-state index >= 15 is 0 Å². The summed E-state index contributed by atoms with van der Waals surface area (Å²) in [6.07, 6.45) is 0. The second-order valence-electron chi connectivity index (χ2n) is 4.30. The second kappa shape index (κ2) is 3.32. The van der Waals surface area contributed by atoms with Gasteiger partial charge in [0.2, 0.25) is 0 Å². The highest BCUT2D eigenvalue weighted by Gasteiger charge is 2.10.